The van der Waals surface area contributed by atoms with E-state index in [0.29, 0.717) is 0 Å². The van der Waals surface area contributed by atoms with Gasteiger partial charge >= 0.3 is 0 Å². The Kier molecular flexibility index (Phi) is 3.86. The van der Waals surface area contributed by atoms with E-state index in [1.807, 2.05) is 48.5 Å². The summed E-state index contributed by atoms with van der Waals surface area (Å²) >= 11 is 9.40. The number of para-hydroxylation sites is 1. The molecule has 0 aliphatic carbocycles. The summed E-state index contributed by atoms with van der Waals surface area (Å²) in [6.07, 6.45) is 0. The summed E-state index contributed by atoms with van der Waals surface area (Å²) in [6, 6.07) is 15.3. The molecule has 0 saturated carbocycles. The molecule has 0 fully saturated rings. The molecule has 0 spiro atoms. The number of alkyl halides is 1. The van der Waals surface area contributed by atoms with Crippen LogP contribution in [0.25, 0.3) is 0 Å². The second-order valence-electron chi connectivity index (χ2n) is 3.30. The van der Waals surface area contributed by atoms with Gasteiger partial charge in [-0.1, -0.05) is 45.7 Å². The maximum Gasteiger partial charge on any atom is 0.127 e. The highest BCUT2D eigenvalue weighted by Gasteiger charge is 2.02. The highest BCUT2D eigenvalue weighted by molar-refractivity contribution is 9.08. The average Bonchev–Trinajstić information content (AvgIpc) is 2.33. The van der Waals surface area contributed by atoms with Gasteiger partial charge in [-0.05, 0) is 35.9 Å². The predicted molar refractivity (Wildman–Crippen MR) is 70.6 cm³/mol. The molecule has 16 heavy (non-hydrogen) atoms. The van der Waals surface area contributed by atoms with Crippen LogP contribution in [0.2, 0.25) is 5.02 Å². The summed E-state index contributed by atoms with van der Waals surface area (Å²) < 4.78 is 5.70. The van der Waals surface area contributed by atoms with Crippen LogP contribution in [0.5, 0.6) is 11.5 Å². The smallest absolute Gasteiger partial charge is 0.127 e. The van der Waals surface area contributed by atoms with Crippen LogP contribution < -0.4 is 4.74 Å². The monoisotopic (exact) mass is 296 g/mol. The van der Waals surface area contributed by atoms with Gasteiger partial charge in [0.15, 0.2) is 0 Å². The molecule has 2 aromatic rings. The Morgan fingerprint density at radius 3 is 2.44 bits per heavy atom. The van der Waals surface area contributed by atoms with E-state index in [1.54, 1.807) is 0 Å². The number of hydrogen-bond acceptors (Lipinski definition) is 1. The van der Waals surface area contributed by atoms with Crippen molar-refractivity contribution in [2.24, 2.45) is 0 Å². The fraction of sp³-hybridized carbons (Fsp3) is 0.0769. The van der Waals surface area contributed by atoms with Crippen molar-refractivity contribution in [1.82, 2.24) is 0 Å². The van der Waals surface area contributed by atoms with Crippen LogP contribution in [0.4, 0.5) is 0 Å². The van der Waals surface area contributed by atoms with E-state index < -0.39 is 0 Å². The molecular weight excluding hydrogens is 287 g/mol. The van der Waals surface area contributed by atoms with Gasteiger partial charge in [-0.25, -0.2) is 0 Å². The lowest BCUT2D eigenvalue weighted by Gasteiger charge is -2.07. The van der Waals surface area contributed by atoms with Crippen LogP contribution in [0.3, 0.4) is 0 Å². The first kappa shape index (κ1) is 11.5. The molecule has 0 atom stereocenters. The fourth-order valence-corrected chi connectivity index (χ4v) is 2.15. The number of benzene rings is 2. The predicted octanol–water partition coefficient (Wildman–Crippen LogP) is 5.03. The molecule has 3 heteroatoms. The maximum absolute atomic E-state index is 6.01. The Morgan fingerprint density at radius 2 is 1.75 bits per heavy atom. The molecule has 2 rings (SSSR count). The average molecular weight is 298 g/mol. The van der Waals surface area contributed by atoms with Crippen LogP contribution in [0.15, 0.2) is 48.5 Å². The van der Waals surface area contributed by atoms with Crippen molar-refractivity contribution in [3.05, 3.63) is 59.1 Å². The SMILES string of the molecule is Clc1ccc(Oc2ccccc2)cc1CBr. The van der Waals surface area contributed by atoms with E-state index in [-0.39, 0.29) is 0 Å². The third-order valence-corrected chi connectivity index (χ3v) is 3.11. The van der Waals surface area contributed by atoms with Crippen molar-refractivity contribution in [2.45, 2.75) is 5.33 Å². The van der Waals surface area contributed by atoms with E-state index in [2.05, 4.69) is 15.9 Å². The lowest BCUT2D eigenvalue weighted by atomic mass is 10.2. The molecule has 0 saturated heterocycles. The van der Waals surface area contributed by atoms with Gasteiger partial charge in [-0.15, -0.1) is 0 Å². The lowest BCUT2D eigenvalue weighted by molar-refractivity contribution is 0.482. The largest absolute Gasteiger partial charge is 0.457 e. The molecule has 82 valence electrons. The van der Waals surface area contributed by atoms with Crippen molar-refractivity contribution in [3.8, 4) is 11.5 Å². The minimum Gasteiger partial charge on any atom is -0.457 e. The van der Waals surface area contributed by atoms with E-state index in [1.165, 1.54) is 0 Å². The van der Waals surface area contributed by atoms with Crippen LogP contribution in [-0.2, 0) is 5.33 Å². The Hall–Kier alpha value is -0.990. The Labute approximate surface area is 108 Å². The molecule has 0 bridgehead atoms. The summed E-state index contributed by atoms with van der Waals surface area (Å²) in [5.41, 5.74) is 1.02. The molecular formula is C13H10BrClO. The van der Waals surface area contributed by atoms with Gasteiger partial charge < -0.3 is 4.74 Å². The van der Waals surface area contributed by atoms with Crippen LogP contribution >= 0.6 is 27.5 Å². The molecule has 0 unspecified atom stereocenters. The maximum atomic E-state index is 6.01. The van der Waals surface area contributed by atoms with Gasteiger partial charge in [0.2, 0.25) is 0 Å². The normalized spacial score (nSPS) is 10.1. The molecule has 0 N–H and O–H groups in total. The van der Waals surface area contributed by atoms with E-state index in [9.17, 15) is 0 Å². The Bertz CT molecular complexity index is 471. The summed E-state index contributed by atoms with van der Waals surface area (Å²) in [5.74, 6) is 1.62. The molecule has 0 radical (unpaired) electrons. The first-order valence-electron chi connectivity index (χ1n) is 4.87. The van der Waals surface area contributed by atoms with E-state index >= 15 is 0 Å². The van der Waals surface area contributed by atoms with Gasteiger partial charge in [0.25, 0.3) is 0 Å². The number of rotatable bonds is 3. The highest BCUT2D eigenvalue weighted by Crippen LogP contribution is 2.27. The standard InChI is InChI=1S/C13H10BrClO/c14-9-10-8-12(6-7-13(10)15)16-11-4-2-1-3-5-11/h1-8H,9H2. The van der Waals surface area contributed by atoms with E-state index in [4.69, 9.17) is 16.3 Å². The molecule has 0 amide bonds. The summed E-state index contributed by atoms with van der Waals surface area (Å²) in [4.78, 5) is 0. The van der Waals surface area contributed by atoms with Crippen molar-refractivity contribution in [1.29, 1.82) is 0 Å². The molecule has 0 heterocycles. The molecule has 2 aromatic carbocycles. The zero-order valence-corrected chi connectivity index (χ0v) is 10.8. The third-order valence-electron chi connectivity index (χ3n) is 2.14. The third kappa shape index (κ3) is 2.77. The van der Waals surface area contributed by atoms with Gasteiger partial charge in [-0.3, -0.25) is 0 Å². The summed E-state index contributed by atoms with van der Waals surface area (Å²) in [7, 11) is 0. The number of halogens is 2. The second kappa shape index (κ2) is 5.37. The zero-order chi connectivity index (χ0) is 11.4. The topological polar surface area (TPSA) is 9.23 Å². The highest BCUT2D eigenvalue weighted by atomic mass is 79.9. The Morgan fingerprint density at radius 1 is 1.00 bits per heavy atom. The van der Waals surface area contributed by atoms with Crippen molar-refractivity contribution in [3.63, 3.8) is 0 Å². The zero-order valence-electron chi connectivity index (χ0n) is 8.49. The van der Waals surface area contributed by atoms with Crippen molar-refractivity contribution >= 4 is 27.5 Å². The van der Waals surface area contributed by atoms with Crippen LogP contribution in [0.1, 0.15) is 5.56 Å². The molecule has 0 aliphatic rings. The van der Waals surface area contributed by atoms with Crippen LogP contribution in [-0.4, -0.2) is 0 Å². The van der Waals surface area contributed by atoms with Gasteiger partial charge in [0, 0.05) is 10.4 Å². The molecule has 0 aliphatic heterocycles. The minimum absolute atomic E-state index is 0.720. The van der Waals surface area contributed by atoms with Gasteiger partial charge in [0.1, 0.15) is 11.5 Å². The Balaban J connectivity index is 2.22. The van der Waals surface area contributed by atoms with Crippen molar-refractivity contribution in [2.75, 3.05) is 0 Å². The number of hydrogen-bond donors (Lipinski definition) is 0. The van der Waals surface area contributed by atoms with Crippen molar-refractivity contribution < 1.29 is 4.74 Å². The first-order valence-corrected chi connectivity index (χ1v) is 6.37. The van der Waals surface area contributed by atoms with Gasteiger partial charge in [0.05, 0.1) is 0 Å². The van der Waals surface area contributed by atoms with E-state index in [0.717, 1.165) is 27.4 Å². The second-order valence-corrected chi connectivity index (χ2v) is 4.27. The quantitative estimate of drug-likeness (QED) is 0.722. The summed E-state index contributed by atoms with van der Waals surface area (Å²) in [6.45, 7) is 0. The molecule has 0 aromatic heterocycles. The fourth-order valence-electron chi connectivity index (χ4n) is 1.34. The lowest BCUT2D eigenvalue weighted by Crippen LogP contribution is -1.86. The summed E-state index contributed by atoms with van der Waals surface area (Å²) in [5, 5.41) is 1.47. The van der Waals surface area contributed by atoms with Gasteiger partial charge in [-0.2, -0.15) is 0 Å². The molecule has 1 nitrogen and oxygen atoms in total. The first-order chi connectivity index (χ1) is 7.79. The van der Waals surface area contributed by atoms with Crippen LogP contribution in [0, 0.1) is 0 Å². The minimum atomic E-state index is 0.720. The number of ether oxygens (including phenoxy) is 1.